The smallest absolute Gasteiger partial charge is 0.164 e. The van der Waals surface area contributed by atoms with Gasteiger partial charge in [0, 0.05) is 39.0 Å². The van der Waals surface area contributed by atoms with Gasteiger partial charge in [-0.2, -0.15) is 0 Å². The second kappa shape index (κ2) is 14.6. The summed E-state index contributed by atoms with van der Waals surface area (Å²) in [7, 11) is 0. The Morgan fingerprint density at radius 2 is 0.793 bits per heavy atom. The van der Waals surface area contributed by atoms with E-state index in [1.54, 1.807) is 0 Å². The van der Waals surface area contributed by atoms with E-state index >= 15 is 0 Å². The lowest BCUT2D eigenvalue weighted by molar-refractivity contribution is 0.660. The zero-order valence-corrected chi connectivity index (χ0v) is 32.4. The monoisotopic (exact) mass is 744 g/mol. The fraction of sp³-hybridized carbons (Fsp3) is 0.0556. The van der Waals surface area contributed by atoms with Crippen molar-refractivity contribution >= 4 is 17.1 Å². The summed E-state index contributed by atoms with van der Waals surface area (Å²) in [6, 6.07) is 72.8. The van der Waals surface area contributed by atoms with Crippen LogP contribution in [0.25, 0.3) is 67.5 Å². The number of rotatable bonds is 8. The summed E-state index contributed by atoms with van der Waals surface area (Å²) in [5, 5.41) is 0. The first kappa shape index (κ1) is 35.0. The van der Waals surface area contributed by atoms with Gasteiger partial charge in [0.25, 0.3) is 0 Å². The first-order chi connectivity index (χ1) is 28.5. The zero-order chi connectivity index (χ0) is 39.1. The van der Waals surface area contributed by atoms with E-state index < -0.39 is 0 Å². The maximum Gasteiger partial charge on any atom is 0.164 e. The van der Waals surface area contributed by atoms with Gasteiger partial charge in [0.2, 0.25) is 0 Å². The first-order valence-corrected chi connectivity index (χ1v) is 19.8. The van der Waals surface area contributed by atoms with Crippen LogP contribution < -0.4 is 4.90 Å². The molecule has 58 heavy (non-hydrogen) atoms. The predicted molar refractivity (Wildman–Crippen MR) is 239 cm³/mol. The van der Waals surface area contributed by atoms with Crippen molar-refractivity contribution in [1.82, 2.24) is 15.0 Å². The summed E-state index contributed by atoms with van der Waals surface area (Å²) in [6.07, 6.45) is 0. The van der Waals surface area contributed by atoms with Crippen LogP contribution in [-0.2, 0) is 5.41 Å². The van der Waals surface area contributed by atoms with Gasteiger partial charge < -0.3 is 4.90 Å². The highest BCUT2D eigenvalue weighted by molar-refractivity contribution is 5.91. The summed E-state index contributed by atoms with van der Waals surface area (Å²) in [5.74, 6) is 1.92. The molecule has 0 bridgehead atoms. The predicted octanol–water partition coefficient (Wildman–Crippen LogP) is 14.0. The fourth-order valence-electron chi connectivity index (χ4n) is 8.39. The van der Waals surface area contributed by atoms with Gasteiger partial charge in [0.1, 0.15) is 0 Å². The molecule has 0 radical (unpaired) electrons. The molecule has 0 aliphatic heterocycles. The highest BCUT2D eigenvalue weighted by atomic mass is 15.1. The number of fused-ring (bicyclic) bond motifs is 3. The van der Waals surface area contributed by atoms with Crippen LogP contribution in [0.2, 0.25) is 0 Å². The van der Waals surface area contributed by atoms with Gasteiger partial charge in [0.05, 0.1) is 5.69 Å². The normalized spacial score (nSPS) is 12.4. The van der Waals surface area contributed by atoms with Crippen molar-refractivity contribution in [3.8, 4) is 67.5 Å². The van der Waals surface area contributed by atoms with Crippen molar-refractivity contribution in [2.24, 2.45) is 0 Å². The third-order valence-corrected chi connectivity index (χ3v) is 11.3. The Labute approximate surface area is 339 Å². The second-order valence-electron chi connectivity index (χ2n) is 15.3. The van der Waals surface area contributed by atoms with E-state index in [9.17, 15) is 0 Å². The second-order valence-corrected chi connectivity index (χ2v) is 15.3. The largest absolute Gasteiger partial charge is 0.310 e. The SMILES string of the molecule is CC1(C)c2ccccc2-c2ccc(N(c3cccc(-c4cccc(-c5nc(-c6ccccc6)nc(-c6ccccc6)n5)c4)c3)c3ccccc3-c3ccccc3)cc21. The average Bonchev–Trinajstić information content (AvgIpc) is 3.52. The van der Waals surface area contributed by atoms with Crippen molar-refractivity contribution in [3.05, 3.63) is 217 Å². The van der Waals surface area contributed by atoms with Crippen molar-refractivity contribution in [2.45, 2.75) is 19.3 Å². The molecular weight excluding hydrogens is 705 g/mol. The Morgan fingerprint density at radius 1 is 0.328 bits per heavy atom. The number of hydrogen-bond donors (Lipinski definition) is 0. The van der Waals surface area contributed by atoms with E-state index in [-0.39, 0.29) is 5.41 Å². The van der Waals surface area contributed by atoms with E-state index in [2.05, 4.69) is 164 Å². The standard InChI is InChI=1S/C54H40N4/c1-54(2)48-30-14-12-29-46(48)47-33-32-44(36-49(47)54)58(50-31-15-13-28-45(50)37-18-6-3-7-19-37)43-27-17-25-41(35-43)40-24-16-26-42(34-40)53-56-51(38-20-8-4-9-21-38)55-52(57-53)39-22-10-5-11-23-39/h3-36H,1-2H3. The third-order valence-electron chi connectivity index (χ3n) is 11.3. The quantitative estimate of drug-likeness (QED) is 0.155. The molecule has 9 aromatic rings. The van der Waals surface area contributed by atoms with Gasteiger partial charge in [-0.15, -0.1) is 0 Å². The Hall–Kier alpha value is -7.43. The molecule has 1 aliphatic carbocycles. The molecular formula is C54H40N4. The lowest BCUT2D eigenvalue weighted by Crippen LogP contribution is -2.17. The molecule has 8 aromatic carbocycles. The molecule has 0 saturated heterocycles. The summed E-state index contributed by atoms with van der Waals surface area (Å²) in [5.41, 5.74) is 15.8. The molecule has 0 N–H and O–H groups in total. The van der Waals surface area contributed by atoms with E-state index in [1.807, 2.05) is 60.7 Å². The molecule has 0 saturated carbocycles. The highest BCUT2D eigenvalue weighted by Crippen LogP contribution is 2.51. The molecule has 4 heteroatoms. The molecule has 1 heterocycles. The van der Waals surface area contributed by atoms with Crippen molar-refractivity contribution in [1.29, 1.82) is 0 Å². The Morgan fingerprint density at radius 3 is 1.47 bits per heavy atom. The third kappa shape index (κ3) is 6.35. The van der Waals surface area contributed by atoms with Crippen LogP contribution in [0.1, 0.15) is 25.0 Å². The summed E-state index contributed by atoms with van der Waals surface area (Å²) in [6.45, 7) is 4.69. The van der Waals surface area contributed by atoms with Crippen LogP contribution >= 0.6 is 0 Å². The minimum absolute atomic E-state index is 0.134. The molecule has 0 unspecified atom stereocenters. The fourth-order valence-corrected chi connectivity index (χ4v) is 8.39. The highest BCUT2D eigenvalue weighted by Gasteiger charge is 2.36. The molecule has 1 aliphatic rings. The molecule has 0 atom stereocenters. The first-order valence-electron chi connectivity index (χ1n) is 19.8. The Balaban J connectivity index is 1.10. The molecule has 0 fully saturated rings. The molecule has 10 rings (SSSR count). The van der Waals surface area contributed by atoms with E-state index in [0.29, 0.717) is 17.5 Å². The number of hydrogen-bond acceptors (Lipinski definition) is 4. The van der Waals surface area contributed by atoms with Crippen molar-refractivity contribution in [3.63, 3.8) is 0 Å². The zero-order valence-electron chi connectivity index (χ0n) is 32.4. The van der Waals surface area contributed by atoms with Gasteiger partial charge in [0.15, 0.2) is 17.5 Å². The van der Waals surface area contributed by atoms with Gasteiger partial charge in [-0.3, -0.25) is 0 Å². The van der Waals surface area contributed by atoms with E-state index in [4.69, 9.17) is 15.0 Å². The van der Waals surface area contributed by atoms with E-state index in [0.717, 1.165) is 50.4 Å². The number of para-hydroxylation sites is 1. The minimum Gasteiger partial charge on any atom is -0.310 e. The molecule has 4 nitrogen and oxygen atoms in total. The van der Waals surface area contributed by atoms with Crippen LogP contribution in [0.5, 0.6) is 0 Å². The van der Waals surface area contributed by atoms with Crippen LogP contribution in [0.15, 0.2) is 206 Å². The van der Waals surface area contributed by atoms with Crippen LogP contribution in [0, 0.1) is 0 Å². The molecule has 276 valence electrons. The molecule has 1 aromatic heterocycles. The van der Waals surface area contributed by atoms with Crippen molar-refractivity contribution in [2.75, 3.05) is 4.90 Å². The molecule has 0 spiro atoms. The van der Waals surface area contributed by atoms with Gasteiger partial charge in [-0.1, -0.05) is 184 Å². The van der Waals surface area contributed by atoms with Crippen LogP contribution in [-0.4, -0.2) is 15.0 Å². The van der Waals surface area contributed by atoms with Gasteiger partial charge >= 0.3 is 0 Å². The summed E-state index contributed by atoms with van der Waals surface area (Å²) >= 11 is 0. The van der Waals surface area contributed by atoms with Crippen LogP contribution in [0.3, 0.4) is 0 Å². The minimum atomic E-state index is -0.134. The maximum atomic E-state index is 5.02. The summed E-state index contributed by atoms with van der Waals surface area (Å²) < 4.78 is 0. The lowest BCUT2D eigenvalue weighted by Gasteiger charge is -2.30. The number of benzene rings is 8. The maximum absolute atomic E-state index is 5.02. The lowest BCUT2D eigenvalue weighted by atomic mass is 9.82. The van der Waals surface area contributed by atoms with Crippen LogP contribution in [0.4, 0.5) is 17.1 Å². The molecule has 0 amide bonds. The Kier molecular flexibility index (Phi) is 8.80. The van der Waals surface area contributed by atoms with Crippen molar-refractivity contribution < 1.29 is 0 Å². The number of anilines is 3. The summed E-state index contributed by atoms with van der Waals surface area (Å²) in [4.78, 5) is 17.4. The topological polar surface area (TPSA) is 41.9 Å². The van der Waals surface area contributed by atoms with E-state index in [1.165, 1.54) is 27.8 Å². The average molecular weight is 745 g/mol. The van der Waals surface area contributed by atoms with Gasteiger partial charge in [-0.05, 0) is 75.3 Å². The Bertz CT molecular complexity index is 2860. The number of nitrogens with zero attached hydrogens (tertiary/aromatic N) is 4. The van der Waals surface area contributed by atoms with Gasteiger partial charge in [-0.25, -0.2) is 15.0 Å². The number of aromatic nitrogens is 3.